The minimum absolute atomic E-state index is 0.406. The molecule has 0 saturated heterocycles. The highest BCUT2D eigenvalue weighted by Crippen LogP contribution is 2.09. The first-order chi connectivity index (χ1) is 8.95. The average Bonchev–Trinajstić information content (AvgIpc) is 3.05. The Morgan fingerprint density at radius 2 is 1.39 bits per heavy atom. The third-order valence-electron chi connectivity index (χ3n) is 2.77. The van der Waals surface area contributed by atoms with E-state index in [2.05, 4.69) is 0 Å². The van der Waals surface area contributed by atoms with Gasteiger partial charge in [0.15, 0.2) is 0 Å². The predicted octanol–water partition coefficient (Wildman–Crippen LogP) is 1.90. The molecule has 4 nitrogen and oxygen atoms in total. The Hall–Kier alpha value is -1.26. The van der Waals surface area contributed by atoms with Crippen LogP contribution in [0.2, 0.25) is 0 Å². The molecule has 0 saturated carbocycles. The lowest BCUT2D eigenvalue weighted by Gasteiger charge is -2.06. The van der Waals surface area contributed by atoms with Crippen LogP contribution in [0.4, 0.5) is 0 Å². The van der Waals surface area contributed by atoms with E-state index in [-0.39, 0.29) is 0 Å². The number of rotatable bonds is 8. The molecule has 0 spiro atoms. The third kappa shape index (κ3) is 4.94. The summed E-state index contributed by atoms with van der Waals surface area (Å²) in [7, 11) is 0. The highest BCUT2D eigenvalue weighted by molar-refractivity contribution is 4.90. The maximum atomic E-state index is 5.49. The first kappa shape index (κ1) is 13.2. The fourth-order valence-corrected chi connectivity index (χ4v) is 1.72. The molecule has 2 rings (SSSR count). The van der Waals surface area contributed by atoms with Gasteiger partial charge in [-0.3, -0.25) is 0 Å². The van der Waals surface area contributed by atoms with Crippen molar-refractivity contribution in [1.82, 2.24) is 0 Å². The molecule has 0 fully saturated rings. The summed E-state index contributed by atoms with van der Waals surface area (Å²) in [6.07, 6.45) is 11.5. The van der Waals surface area contributed by atoms with Gasteiger partial charge in [-0.15, -0.1) is 0 Å². The van der Waals surface area contributed by atoms with Crippen LogP contribution in [0.3, 0.4) is 0 Å². The van der Waals surface area contributed by atoms with Gasteiger partial charge in [-0.05, 0) is 12.2 Å². The zero-order chi connectivity index (χ0) is 12.5. The van der Waals surface area contributed by atoms with E-state index in [1.807, 2.05) is 24.3 Å². The zero-order valence-corrected chi connectivity index (χ0v) is 10.5. The number of hydrogen-bond donors (Lipinski definition) is 0. The van der Waals surface area contributed by atoms with Crippen LogP contribution in [0.5, 0.6) is 0 Å². The molecule has 0 N–H and O–H groups in total. The molecule has 2 aliphatic heterocycles. The van der Waals surface area contributed by atoms with Crippen molar-refractivity contribution in [3.63, 3.8) is 0 Å². The summed E-state index contributed by atoms with van der Waals surface area (Å²) in [5, 5.41) is 0. The van der Waals surface area contributed by atoms with E-state index < -0.39 is 0 Å². The smallest absolute Gasteiger partial charge is 0.0959 e. The van der Waals surface area contributed by atoms with Gasteiger partial charge in [0, 0.05) is 11.8 Å². The summed E-state index contributed by atoms with van der Waals surface area (Å²) in [5.41, 5.74) is 0. The molecule has 18 heavy (non-hydrogen) atoms. The van der Waals surface area contributed by atoms with E-state index in [4.69, 9.17) is 18.9 Å². The second-order valence-electron chi connectivity index (χ2n) is 4.39. The fourth-order valence-electron chi connectivity index (χ4n) is 1.72. The van der Waals surface area contributed by atoms with E-state index in [0.29, 0.717) is 38.3 Å². The number of ether oxygens (including phenoxy) is 4. The normalized spacial score (nSPS) is 25.8. The summed E-state index contributed by atoms with van der Waals surface area (Å²) >= 11 is 0. The minimum atomic E-state index is 0.406. The lowest BCUT2D eigenvalue weighted by Crippen LogP contribution is -2.09. The molecule has 0 aliphatic carbocycles. The second kappa shape index (κ2) is 7.95. The van der Waals surface area contributed by atoms with Crippen molar-refractivity contribution in [3.05, 3.63) is 36.8 Å². The quantitative estimate of drug-likeness (QED) is 0.488. The molecule has 0 aromatic carbocycles. The summed E-state index contributed by atoms with van der Waals surface area (Å²) < 4.78 is 21.2. The summed E-state index contributed by atoms with van der Waals surface area (Å²) in [6, 6.07) is 0. The van der Waals surface area contributed by atoms with E-state index in [1.165, 1.54) is 0 Å². The maximum Gasteiger partial charge on any atom is 0.0959 e. The van der Waals surface area contributed by atoms with Gasteiger partial charge < -0.3 is 18.9 Å². The largest absolute Gasteiger partial charge is 0.501 e. The Morgan fingerprint density at radius 3 is 1.78 bits per heavy atom. The maximum absolute atomic E-state index is 5.49. The van der Waals surface area contributed by atoms with Gasteiger partial charge in [0.05, 0.1) is 52.2 Å². The zero-order valence-electron chi connectivity index (χ0n) is 10.5. The molecule has 2 unspecified atom stereocenters. The predicted molar refractivity (Wildman–Crippen MR) is 67.9 cm³/mol. The van der Waals surface area contributed by atoms with Crippen LogP contribution < -0.4 is 0 Å². The Balaban J connectivity index is 1.40. The van der Waals surface area contributed by atoms with Crippen molar-refractivity contribution >= 4 is 0 Å². The van der Waals surface area contributed by atoms with Crippen LogP contribution in [0.15, 0.2) is 36.8 Å². The van der Waals surface area contributed by atoms with Gasteiger partial charge in [-0.1, -0.05) is 12.2 Å². The first-order valence-electron chi connectivity index (χ1n) is 6.32. The molecule has 100 valence electrons. The molecule has 2 atom stereocenters. The SMILES string of the molecule is C1=CC(COC/C=C/COCC2C=COC2)CO1. The Bertz CT molecular complexity index is 279. The monoisotopic (exact) mass is 252 g/mol. The van der Waals surface area contributed by atoms with Crippen molar-refractivity contribution in [3.8, 4) is 0 Å². The third-order valence-corrected chi connectivity index (χ3v) is 2.77. The number of hydrogen-bond acceptors (Lipinski definition) is 4. The standard InChI is InChI=1S/C14H20O4/c1(5-15-9-13-3-7-17-11-13)2-6-16-10-14-4-8-18-12-14/h1-4,7-8,13-14H,5-6,9-12H2/b2-1+. The van der Waals surface area contributed by atoms with Crippen molar-refractivity contribution in [1.29, 1.82) is 0 Å². The molecule has 0 amide bonds. The molecule has 4 heteroatoms. The van der Waals surface area contributed by atoms with Gasteiger partial charge in [-0.25, -0.2) is 0 Å². The Labute approximate surface area is 108 Å². The van der Waals surface area contributed by atoms with Gasteiger partial charge >= 0.3 is 0 Å². The fraction of sp³-hybridized carbons (Fsp3) is 0.571. The minimum Gasteiger partial charge on any atom is -0.501 e. The molecular weight excluding hydrogens is 232 g/mol. The van der Waals surface area contributed by atoms with Gasteiger partial charge in [0.1, 0.15) is 0 Å². The van der Waals surface area contributed by atoms with E-state index in [1.54, 1.807) is 12.5 Å². The lowest BCUT2D eigenvalue weighted by atomic mass is 10.2. The second-order valence-corrected chi connectivity index (χ2v) is 4.39. The highest BCUT2D eigenvalue weighted by Gasteiger charge is 2.10. The summed E-state index contributed by atoms with van der Waals surface area (Å²) in [5.74, 6) is 0.813. The van der Waals surface area contributed by atoms with E-state index in [0.717, 1.165) is 13.2 Å². The molecule has 0 aromatic rings. The molecule has 0 bridgehead atoms. The van der Waals surface area contributed by atoms with E-state index >= 15 is 0 Å². The van der Waals surface area contributed by atoms with Crippen molar-refractivity contribution in [2.45, 2.75) is 0 Å². The Morgan fingerprint density at radius 1 is 0.889 bits per heavy atom. The van der Waals surface area contributed by atoms with Gasteiger partial charge in [0.2, 0.25) is 0 Å². The van der Waals surface area contributed by atoms with E-state index in [9.17, 15) is 0 Å². The summed E-state index contributed by atoms with van der Waals surface area (Å²) in [4.78, 5) is 0. The van der Waals surface area contributed by atoms with Gasteiger partial charge in [0.25, 0.3) is 0 Å². The molecule has 2 aliphatic rings. The van der Waals surface area contributed by atoms with Crippen LogP contribution in [-0.2, 0) is 18.9 Å². The highest BCUT2D eigenvalue weighted by atomic mass is 16.5. The molecular formula is C14H20O4. The van der Waals surface area contributed by atoms with Gasteiger partial charge in [-0.2, -0.15) is 0 Å². The first-order valence-corrected chi connectivity index (χ1v) is 6.32. The lowest BCUT2D eigenvalue weighted by molar-refractivity contribution is 0.111. The van der Waals surface area contributed by atoms with Crippen LogP contribution in [0.1, 0.15) is 0 Å². The molecule has 0 radical (unpaired) electrons. The van der Waals surface area contributed by atoms with Crippen LogP contribution in [0.25, 0.3) is 0 Å². The topological polar surface area (TPSA) is 36.9 Å². The summed E-state index contributed by atoms with van der Waals surface area (Å²) in [6.45, 7) is 4.16. The van der Waals surface area contributed by atoms with Crippen molar-refractivity contribution in [2.24, 2.45) is 11.8 Å². The van der Waals surface area contributed by atoms with Crippen LogP contribution in [0, 0.1) is 11.8 Å². The molecule has 0 aromatic heterocycles. The van der Waals surface area contributed by atoms with Crippen LogP contribution >= 0.6 is 0 Å². The van der Waals surface area contributed by atoms with Crippen molar-refractivity contribution < 1.29 is 18.9 Å². The van der Waals surface area contributed by atoms with Crippen molar-refractivity contribution in [2.75, 3.05) is 39.6 Å². The average molecular weight is 252 g/mol. The Kier molecular flexibility index (Phi) is 5.82. The van der Waals surface area contributed by atoms with Crippen LogP contribution in [-0.4, -0.2) is 39.6 Å². The molecule has 2 heterocycles.